The summed E-state index contributed by atoms with van der Waals surface area (Å²) in [7, 11) is 0. The lowest BCUT2D eigenvalue weighted by Crippen LogP contribution is -2.49. The fraction of sp³-hybridized carbons (Fsp3) is 0.375. The average molecular weight is 363 g/mol. The van der Waals surface area contributed by atoms with Gasteiger partial charge >= 0.3 is 0 Å². The summed E-state index contributed by atoms with van der Waals surface area (Å²) in [6.45, 7) is 4.17. The number of piperazine rings is 1. The topological polar surface area (TPSA) is 78.4 Å². The van der Waals surface area contributed by atoms with Crippen LogP contribution in [0.2, 0.25) is 0 Å². The maximum atomic E-state index is 14.0. The number of ketones is 1. The summed E-state index contributed by atoms with van der Waals surface area (Å²) in [6, 6.07) is 4.67. The van der Waals surface area contributed by atoms with Crippen molar-refractivity contribution in [1.29, 1.82) is 0 Å². The van der Waals surface area contributed by atoms with Crippen LogP contribution in [0, 0.1) is 5.82 Å². The second-order valence-electron chi connectivity index (χ2n) is 5.75. The molecule has 3 rings (SSSR count). The Bertz CT molecular complexity index is 760. The molecule has 0 bridgehead atoms. The van der Waals surface area contributed by atoms with Crippen LogP contribution in [-0.2, 0) is 4.79 Å². The maximum Gasteiger partial charge on any atom is 0.240 e. The first-order valence-electron chi connectivity index (χ1n) is 7.87. The van der Waals surface area contributed by atoms with E-state index in [-0.39, 0.29) is 23.8 Å². The molecule has 1 aliphatic rings. The second kappa shape index (κ2) is 7.66. The summed E-state index contributed by atoms with van der Waals surface area (Å²) >= 11 is 1.27. The second-order valence-corrected chi connectivity index (χ2v) is 6.58. The highest BCUT2D eigenvalue weighted by Gasteiger charge is 2.23. The molecule has 2 aromatic rings. The van der Waals surface area contributed by atoms with Crippen LogP contribution in [-0.4, -0.2) is 59.5 Å². The van der Waals surface area contributed by atoms with Crippen LogP contribution in [0.1, 0.15) is 17.3 Å². The third kappa shape index (κ3) is 4.18. The van der Waals surface area contributed by atoms with Gasteiger partial charge in [-0.2, -0.15) is 0 Å². The third-order valence-corrected chi connectivity index (χ3v) is 4.64. The number of rotatable bonds is 5. The quantitative estimate of drug-likeness (QED) is 0.814. The lowest BCUT2D eigenvalue weighted by Gasteiger charge is -2.36. The van der Waals surface area contributed by atoms with Crippen LogP contribution in [0.15, 0.2) is 23.7 Å². The van der Waals surface area contributed by atoms with E-state index < -0.39 is 5.82 Å². The molecule has 1 N–H and O–H groups in total. The number of nitrogens with one attached hydrogen (secondary N) is 1. The number of aromatic nitrogens is 2. The van der Waals surface area contributed by atoms with Gasteiger partial charge in [-0.25, -0.2) is 4.39 Å². The minimum atomic E-state index is -0.496. The molecule has 9 heteroatoms. The van der Waals surface area contributed by atoms with Gasteiger partial charge in [0.05, 0.1) is 17.8 Å². The Morgan fingerprint density at radius 2 is 2.04 bits per heavy atom. The van der Waals surface area contributed by atoms with Crippen LogP contribution < -0.4 is 10.2 Å². The Kier molecular flexibility index (Phi) is 5.34. The minimum absolute atomic E-state index is 0.130. The van der Waals surface area contributed by atoms with Gasteiger partial charge in [-0.15, -0.1) is 10.2 Å². The molecule has 0 spiro atoms. The number of Topliss-reactive ketones (excluding diaryl/α,β-unsaturated/α-hetero) is 1. The zero-order chi connectivity index (χ0) is 17.8. The number of halogens is 1. The Labute approximate surface area is 148 Å². The molecule has 2 heterocycles. The Morgan fingerprint density at radius 1 is 1.28 bits per heavy atom. The van der Waals surface area contributed by atoms with Gasteiger partial charge in [0.25, 0.3) is 0 Å². The molecule has 0 radical (unpaired) electrons. The van der Waals surface area contributed by atoms with Gasteiger partial charge in [-0.1, -0.05) is 17.4 Å². The zero-order valence-electron chi connectivity index (χ0n) is 13.7. The predicted octanol–water partition coefficient (Wildman–Crippen LogP) is 1.64. The Morgan fingerprint density at radius 3 is 2.68 bits per heavy atom. The summed E-state index contributed by atoms with van der Waals surface area (Å²) in [6.07, 6.45) is 0. The third-order valence-electron chi connectivity index (χ3n) is 4.03. The first-order valence-corrected chi connectivity index (χ1v) is 8.75. The van der Waals surface area contributed by atoms with Gasteiger partial charge in [-0.3, -0.25) is 19.8 Å². The minimum Gasteiger partial charge on any atom is -0.368 e. The van der Waals surface area contributed by atoms with E-state index in [9.17, 15) is 14.0 Å². The smallest absolute Gasteiger partial charge is 0.240 e. The molecule has 7 nitrogen and oxygen atoms in total. The Hall–Kier alpha value is -2.39. The van der Waals surface area contributed by atoms with Crippen molar-refractivity contribution in [2.75, 3.05) is 42.9 Å². The number of hydrogen-bond acceptors (Lipinski definition) is 7. The van der Waals surface area contributed by atoms with Crippen molar-refractivity contribution >= 4 is 33.8 Å². The Balaban J connectivity index is 1.58. The fourth-order valence-electron chi connectivity index (χ4n) is 2.86. The summed E-state index contributed by atoms with van der Waals surface area (Å²) in [5, 5.41) is 10.6. The van der Waals surface area contributed by atoms with E-state index in [1.165, 1.54) is 24.3 Å². The zero-order valence-corrected chi connectivity index (χ0v) is 14.6. The van der Waals surface area contributed by atoms with Gasteiger partial charge in [0.2, 0.25) is 11.0 Å². The molecule has 132 valence electrons. The molecule has 1 aromatic carbocycles. The van der Waals surface area contributed by atoms with Crippen LogP contribution in [0.4, 0.5) is 15.2 Å². The maximum absolute atomic E-state index is 14.0. The SMILES string of the molecule is CC(=O)c1c(F)cccc1N1CCN(CC(=O)Nc2nncs2)CC1. The van der Waals surface area contributed by atoms with Crippen molar-refractivity contribution in [3.63, 3.8) is 0 Å². The molecule has 0 unspecified atom stereocenters. The number of benzene rings is 1. The van der Waals surface area contributed by atoms with Crippen LogP contribution in [0.5, 0.6) is 0 Å². The molecular weight excluding hydrogens is 345 g/mol. The lowest BCUT2D eigenvalue weighted by atomic mass is 10.1. The van der Waals surface area contributed by atoms with Gasteiger partial charge in [-0.05, 0) is 19.1 Å². The number of anilines is 2. The standard InChI is InChI=1S/C16H18FN5O2S/c1-11(23)15-12(17)3-2-4-13(15)22-7-5-21(6-8-22)9-14(24)19-16-20-18-10-25-16/h2-4,10H,5-9H2,1H3,(H,19,20,24). The van der Waals surface area contributed by atoms with Crippen molar-refractivity contribution in [1.82, 2.24) is 15.1 Å². The highest BCUT2D eigenvalue weighted by molar-refractivity contribution is 7.13. The van der Waals surface area contributed by atoms with Gasteiger partial charge in [0, 0.05) is 26.2 Å². The molecule has 1 fully saturated rings. The van der Waals surface area contributed by atoms with E-state index in [1.807, 2.05) is 9.80 Å². The van der Waals surface area contributed by atoms with Crippen molar-refractivity contribution < 1.29 is 14.0 Å². The van der Waals surface area contributed by atoms with E-state index in [4.69, 9.17) is 0 Å². The molecule has 1 aliphatic heterocycles. The summed E-state index contributed by atoms with van der Waals surface area (Å²) in [5.41, 5.74) is 2.30. The molecule has 0 atom stereocenters. The monoisotopic (exact) mass is 363 g/mol. The first-order chi connectivity index (χ1) is 12.0. The number of carbonyl (C=O) groups excluding carboxylic acids is 2. The highest BCUT2D eigenvalue weighted by atomic mass is 32.1. The highest BCUT2D eigenvalue weighted by Crippen LogP contribution is 2.25. The summed E-state index contributed by atoms with van der Waals surface area (Å²) in [5.74, 6) is -0.920. The molecule has 0 aliphatic carbocycles. The molecule has 1 aromatic heterocycles. The number of nitrogens with zero attached hydrogens (tertiary/aromatic N) is 4. The van der Waals surface area contributed by atoms with E-state index in [0.29, 0.717) is 37.0 Å². The van der Waals surface area contributed by atoms with Crippen LogP contribution >= 0.6 is 11.3 Å². The van der Waals surface area contributed by atoms with Crippen molar-refractivity contribution in [3.05, 3.63) is 35.1 Å². The lowest BCUT2D eigenvalue weighted by molar-refractivity contribution is -0.117. The van der Waals surface area contributed by atoms with E-state index >= 15 is 0 Å². The number of amides is 1. The molecule has 1 saturated heterocycles. The van der Waals surface area contributed by atoms with Gasteiger partial charge in [0.1, 0.15) is 11.3 Å². The molecular formula is C16H18FN5O2S. The predicted molar refractivity (Wildman–Crippen MR) is 93.6 cm³/mol. The van der Waals surface area contributed by atoms with E-state index in [2.05, 4.69) is 15.5 Å². The number of hydrogen-bond donors (Lipinski definition) is 1. The average Bonchev–Trinajstić information content (AvgIpc) is 3.07. The van der Waals surface area contributed by atoms with Crippen LogP contribution in [0.25, 0.3) is 0 Å². The normalized spacial score (nSPS) is 15.2. The molecule has 25 heavy (non-hydrogen) atoms. The molecule has 1 amide bonds. The van der Waals surface area contributed by atoms with E-state index in [0.717, 1.165) is 0 Å². The van der Waals surface area contributed by atoms with Gasteiger partial charge in [0.15, 0.2) is 5.78 Å². The fourth-order valence-corrected chi connectivity index (χ4v) is 3.32. The summed E-state index contributed by atoms with van der Waals surface area (Å²) in [4.78, 5) is 27.7. The van der Waals surface area contributed by atoms with Gasteiger partial charge < -0.3 is 4.90 Å². The number of carbonyl (C=O) groups is 2. The largest absolute Gasteiger partial charge is 0.368 e. The van der Waals surface area contributed by atoms with Crippen LogP contribution in [0.3, 0.4) is 0 Å². The van der Waals surface area contributed by atoms with E-state index in [1.54, 1.807) is 17.6 Å². The summed E-state index contributed by atoms with van der Waals surface area (Å²) < 4.78 is 14.0. The van der Waals surface area contributed by atoms with Crippen molar-refractivity contribution in [3.8, 4) is 0 Å². The van der Waals surface area contributed by atoms with Crippen molar-refractivity contribution in [2.45, 2.75) is 6.92 Å². The molecule has 0 saturated carbocycles. The van der Waals surface area contributed by atoms with Crippen molar-refractivity contribution in [2.24, 2.45) is 0 Å². The first kappa shape index (κ1) is 17.4.